The monoisotopic (exact) mass is 288 g/mol. The maximum absolute atomic E-state index is 11.6. The summed E-state index contributed by atoms with van der Waals surface area (Å²) in [6, 6.07) is 6.38. The van der Waals surface area contributed by atoms with Gasteiger partial charge in [0.2, 0.25) is 5.91 Å². The highest BCUT2D eigenvalue weighted by Gasteiger charge is 2.27. The van der Waals surface area contributed by atoms with Gasteiger partial charge in [-0.25, -0.2) is 0 Å². The zero-order chi connectivity index (χ0) is 15.4. The molecule has 1 aromatic rings. The van der Waals surface area contributed by atoms with E-state index in [-0.39, 0.29) is 23.1 Å². The third kappa shape index (κ3) is 3.11. The molecule has 0 radical (unpaired) electrons. The van der Waals surface area contributed by atoms with E-state index in [1.165, 1.54) is 6.07 Å². The minimum atomic E-state index is -0.471. The Morgan fingerprint density at radius 1 is 1.48 bits per heavy atom. The summed E-state index contributed by atoms with van der Waals surface area (Å²) in [5.74, 6) is -0.0207. The van der Waals surface area contributed by atoms with Crippen molar-refractivity contribution in [1.29, 1.82) is 5.26 Å². The van der Waals surface area contributed by atoms with Crippen LogP contribution in [0.1, 0.15) is 18.4 Å². The summed E-state index contributed by atoms with van der Waals surface area (Å²) in [4.78, 5) is 24.2. The Kier molecular flexibility index (Phi) is 4.38. The molecule has 21 heavy (non-hydrogen) atoms. The van der Waals surface area contributed by atoms with Crippen LogP contribution in [0.15, 0.2) is 18.2 Å². The largest absolute Gasteiger partial charge is 0.366 e. The maximum Gasteiger partial charge on any atom is 0.293 e. The molecule has 1 aromatic carbocycles. The van der Waals surface area contributed by atoms with Gasteiger partial charge in [-0.2, -0.15) is 5.26 Å². The third-order valence-electron chi connectivity index (χ3n) is 3.75. The van der Waals surface area contributed by atoms with Crippen LogP contribution in [0.3, 0.4) is 0 Å². The molecule has 1 aliphatic rings. The van der Waals surface area contributed by atoms with Gasteiger partial charge in [-0.15, -0.1) is 0 Å². The van der Waals surface area contributed by atoms with Gasteiger partial charge in [0.05, 0.1) is 16.6 Å². The van der Waals surface area contributed by atoms with Crippen molar-refractivity contribution in [3.8, 4) is 6.07 Å². The molecule has 7 nitrogen and oxygen atoms in total. The molecule has 0 atom stereocenters. The van der Waals surface area contributed by atoms with Crippen molar-refractivity contribution in [3.63, 3.8) is 0 Å². The predicted octanol–water partition coefficient (Wildman–Crippen LogP) is 1.43. The standard InChI is InChI=1S/C14H16N4O3/c1-16-14(19)11-4-6-17(7-5-11)12-3-2-10(9-15)8-13(12)18(20)21/h2-3,8,11H,4-7H2,1H3,(H,16,19). The molecule has 110 valence electrons. The van der Waals surface area contributed by atoms with E-state index >= 15 is 0 Å². The van der Waals surface area contributed by atoms with Gasteiger partial charge < -0.3 is 10.2 Å². The van der Waals surface area contributed by atoms with Crippen LogP contribution >= 0.6 is 0 Å². The van der Waals surface area contributed by atoms with Crippen molar-refractivity contribution in [3.05, 3.63) is 33.9 Å². The maximum atomic E-state index is 11.6. The molecule has 0 aromatic heterocycles. The Balaban J connectivity index is 2.19. The minimum absolute atomic E-state index is 0.0176. The Morgan fingerprint density at radius 3 is 2.67 bits per heavy atom. The molecule has 1 saturated heterocycles. The van der Waals surface area contributed by atoms with Gasteiger partial charge in [0, 0.05) is 32.1 Å². The summed E-state index contributed by atoms with van der Waals surface area (Å²) in [5.41, 5.74) is 0.715. The van der Waals surface area contributed by atoms with E-state index < -0.39 is 4.92 Å². The van der Waals surface area contributed by atoms with Gasteiger partial charge >= 0.3 is 0 Å². The van der Waals surface area contributed by atoms with E-state index in [2.05, 4.69) is 5.32 Å². The van der Waals surface area contributed by atoms with Crippen LogP contribution in [-0.4, -0.2) is 31.0 Å². The van der Waals surface area contributed by atoms with E-state index in [1.54, 1.807) is 19.2 Å². The first-order valence-corrected chi connectivity index (χ1v) is 6.72. The number of nitrogens with zero attached hydrogens (tertiary/aromatic N) is 3. The highest BCUT2D eigenvalue weighted by atomic mass is 16.6. The molecule has 7 heteroatoms. The van der Waals surface area contributed by atoms with Crippen molar-refractivity contribution in [2.45, 2.75) is 12.8 Å². The molecule has 0 saturated carbocycles. The van der Waals surface area contributed by atoms with Crippen molar-refractivity contribution in [2.75, 3.05) is 25.0 Å². The summed E-state index contributed by atoms with van der Waals surface area (Å²) in [6.45, 7) is 1.18. The third-order valence-corrected chi connectivity index (χ3v) is 3.75. The highest BCUT2D eigenvalue weighted by Crippen LogP contribution is 2.32. The Bertz CT molecular complexity index is 601. The number of anilines is 1. The number of amides is 1. The molecule has 0 unspecified atom stereocenters. The smallest absolute Gasteiger partial charge is 0.293 e. The van der Waals surface area contributed by atoms with Gasteiger partial charge in [0.1, 0.15) is 5.69 Å². The molecule has 1 aliphatic heterocycles. The zero-order valence-electron chi connectivity index (χ0n) is 11.7. The van der Waals surface area contributed by atoms with Crippen LogP contribution in [0.4, 0.5) is 11.4 Å². The van der Waals surface area contributed by atoms with Crippen molar-refractivity contribution in [1.82, 2.24) is 5.32 Å². The van der Waals surface area contributed by atoms with Gasteiger partial charge in [0.25, 0.3) is 5.69 Å². The number of nitro benzene ring substituents is 1. The lowest BCUT2D eigenvalue weighted by molar-refractivity contribution is -0.384. The van der Waals surface area contributed by atoms with E-state index in [1.807, 2.05) is 11.0 Å². The van der Waals surface area contributed by atoms with E-state index in [9.17, 15) is 14.9 Å². The Morgan fingerprint density at radius 2 is 2.14 bits per heavy atom. The van der Waals surface area contributed by atoms with Crippen molar-refractivity contribution in [2.24, 2.45) is 5.92 Å². The van der Waals surface area contributed by atoms with Crippen LogP contribution in [0.2, 0.25) is 0 Å². The molecule has 1 heterocycles. The SMILES string of the molecule is CNC(=O)C1CCN(c2ccc(C#N)cc2[N+](=O)[O-])CC1. The van der Waals surface area contributed by atoms with Crippen LogP contribution in [0, 0.1) is 27.4 Å². The lowest BCUT2D eigenvalue weighted by atomic mass is 9.95. The average molecular weight is 288 g/mol. The molecule has 0 bridgehead atoms. The summed E-state index contributed by atoms with van der Waals surface area (Å²) in [7, 11) is 1.61. The van der Waals surface area contributed by atoms with Crippen molar-refractivity contribution >= 4 is 17.3 Å². The molecular weight excluding hydrogens is 272 g/mol. The number of hydrogen-bond donors (Lipinski definition) is 1. The lowest BCUT2D eigenvalue weighted by Gasteiger charge is -2.32. The van der Waals surface area contributed by atoms with E-state index in [4.69, 9.17) is 5.26 Å². The first kappa shape index (κ1) is 14.8. The Labute approximate surface area is 122 Å². The summed E-state index contributed by atoms with van der Waals surface area (Å²) >= 11 is 0. The first-order valence-electron chi connectivity index (χ1n) is 6.72. The summed E-state index contributed by atoms with van der Waals surface area (Å²) in [5, 5.41) is 22.6. The molecule has 2 rings (SSSR count). The molecule has 1 fully saturated rings. The minimum Gasteiger partial charge on any atom is -0.366 e. The highest BCUT2D eigenvalue weighted by molar-refractivity contribution is 5.78. The zero-order valence-corrected chi connectivity index (χ0v) is 11.7. The predicted molar refractivity (Wildman–Crippen MR) is 76.8 cm³/mol. The number of piperidine rings is 1. The quantitative estimate of drug-likeness (QED) is 0.670. The number of carbonyl (C=O) groups excluding carboxylic acids is 1. The molecule has 0 aliphatic carbocycles. The van der Waals surface area contributed by atoms with Crippen LogP contribution in [0.5, 0.6) is 0 Å². The van der Waals surface area contributed by atoms with Gasteiger partial charge in [-0.05, 0) is 25.0 Å². The number of rotatable bonds is 3. The number of nitriles is 1. The van der Waals surface area contributed by atoms with Crippen LogP contribution in [-0.2, 0) is 4.79 Å². The lowest BCUT2D eigenvalue weighted by Crippen LogP contribution is -2.39. The number of nitro groups is 1. The van der Waals surface area contributed by atoms with Crippen LogP contribution < -0.4 is 10.2 Å². The van der Waals surface area contributed by atoms with Crippen LogP contribution in [0.25, 0.3) is 0 Å². The number of carbonyl (C=O) groups is 1. The second-order valence-corrected chi connectivity index (χ2v) is 4.95. The molecule has 1 amide bonds. The number of hydrogen-bond acceptors (Lipinski definition) is 5. The summed E-state index contributed by atoms with van der Waals surface area (Å²) < 4.78 is 0. The second-order valence-electron chi connectivity index (χ2n) is 4.95. The van der Waals surface area contributed by atoms with E-state index in [0.717, 1.165) is 0 Å². The molecular formula is C14H16N4O3. The first-order chi connectivity index (χ1) is 10.1. The fourth-order valence-electron chi connectivity index (χ4n) is 2.59. The topological polar surface area (TPSA) is 99.3 Å². The second kappa shape index (κ2) is 6.22. The average Bonchev–Trinajstić information content (AvgIpc) is 2.53. The number of benzene rings is 1. The van der Waals surface area contributed by atoms with Gasteiger partial charge in [-0.3, -0.25) is 14.9 Å². The fraction of sp³-hybridized carbons (Fsp3) is 0.429. The fourth-order valence-corrected chi connectivity index (χ4v) is 2.59. The molecule has 0 spiro atoms. The van der Waals surface area contributed by atoms with E-state index in [0.29, 0.717) is 31.6 Å². The summed E-state index contributed by atoms with van der Waals surface area (Å²) in [6.07, 6.45) is 1.33. The Hall–Kier alpha value is -2.62. The number of nitrogens with one attached hydrogen (secondary N) is 1. The van der Waals surface area contributed by atoms with Crippen molar-refractivity contribution < 1.29 is 9.72 Å². The normalized spacial score (nSPS) is 15.3. The molecule has 1 N–H and O–H groups in total. The van der Waals surface area contributed by atoms with Gasteiger partial charge in [0.15, 0.2) is 0 Å². The van der Waals surface area contributed by atoms with Gasteiger partial charge in [-0.1, -0.05) is 0 Å².